The summed E-state index contributed by atoms with van der Waals surface area (Å²) in [4.78, 5) is 12.4. The molecule has 0 saturated carbocycles. The summed E-state index contributed by atoms with van der Waals surface area (Å²) in [5.74, 6) is 0.0239. The molecular formula is C24H18F3N3. The van der Waals surface area contributed by atoms with Crippen LogP contribution in [0.2, 0.25) is 0 Å². The van der Waals surface area contributed by atoms with E-state index in [4.69, 9.17) is 0 Å². The lowest BCUT2D eigenvalue weighted by atomic mass is 9.98. The highest BCUT2D eigenvalue weighted by Crippen LogP contribution is 2.33. The molecule has 6 heteroatoms. The topological polar surface area (TPSA) is 38.7 Å². The Morgan fingerprint density at radius 2 is 1.50 bits per heavy atom. The SMILES string of the molecule is Cc1ccc(-c2cc(C(F)(F)F)nc(-c3cccc(-c4ccccc4C)c3)n2)cn1. The summed E-state index contributed by atoms with van der Waals surface area (Å²) in [6, 6.07) is 19.5. The normalized spacial score (nSPS) is 11.5. The van der Waals surface area contributed by atoms with Gasteiger partial charge in [-0.1, -0.05) is 42.5 Å². The monoisotopic (exact) mass is 405 g/mol. The largest absolute Gasteiger partial charge is 0.433 e. The van der Waals surface area contributed by atoms with Crippen molar-refractivity contribution < 1.29 is 13.2 Å². The highest BCUT2D eigenvalue weighted by Gasteiger charge is 2.34. The summed E-state index contributed by atoms with van der Waals surface area (Å²) in [6.07, 6.45) is -3.07. The van der Waals surface area contributed by atoms with Crippen LogP contribution in [0.4, 0.5) is 13.2 Å². The van der Waals surface area contributed by atoms with Crippen LogP contribution in [-0.4, -0.2) is 15.0 Å². The van der Waals surface area contributed by atoms with Crippen LogP contribution in [0.15, 0.2) is 72.9 Å². The molecule has 3 nitrogen and oxygen atoms in total. The first-order valence-corrected chi connectivity index (χ1v) is 9.37. The predicted molar refractivity (Wildman–Crippen MR) is 111 cm³/mol. The number of hydrogen-bond donors (Lipinski definition) is 0. The Morgan fingerprint density at radius 1 is 0.733 bits per heavy atom. The van der Waals surface area contributed by atoms with E-state index < -0.39 is 11.9 Å². The van der Waals surface area contributed by atoms with E-state index in [0.29, 0.717) is 11.1 Å². The lowest BCUT2D eigenvalue weighted by Gasteiger charge is -2.12. The van der Waals surface area contributed by atoms with Crippen LogP contribution >= 0.6 is 0 Å². The molecule has 2 aromatic heterocycles. The van der Waals surface area contributed by atoms with Crippen molar-refractivity contribution in [1.82, 2.24) is 15.0 Å². The first kappa shape index (κ1) is 19.8. The summed E-state index contributed by atoms with van der Waals surface area (Å²) in [6.45, 7) is 3.80. The minimum Gasteiger partial charge on any atom is -0.261 e. The Morgan fingerprint density at radius 3 is 2.20 bits per heavy atom. The maximum Gasteiger partial charge on any atom is 0.433 e. The van der Waals surface area contributed by atoms with E-state index in [1.165, 1.54) is 6.20 Å². The fourth-order valence-corrected chi connectivity index (χ4v) is 3.21. The second-order valence-corrected chi connectivity index (χ2v) is 7.04. The Kier molecular flexibility index (Phi) is 5.08. The van der Waals surface area contributed by atoms with Gasteiger partial charge in [0.2, 0.25) is 0 Å². The molecule has 0 aliphatic carbocycles. The smallest absolute Gasteiger partial charge is 0.261 e. The summed E-state index contributed by atoms with van der Waals surface area (Å²) >= 11 is 0. The molecule has 0 unspecified atom stereocenters. The van der Waals surface area contributed by atoms with Crippen molar-refractivity contribution in [1.29, 1.82) is 0 Å². The molecule has 0 radical (unpaired) electrons. The van der Waals surface area contributed by atoms with E-state index in [2.05, 4.69) is 15.0 Å². The number of hydrogen-bond acceptors (Lipinski definition) is 3. The number of rotatable bonds is 3. The third-order valence-electron chi connectivity index (χ3n) is 4.80. The van der Waals surface area contributed by atoms with Gasteiger partial charge >= 0.3 is 6.18 Å². The minimum absolute atomic E-state index is 0.0239. The molecule has 0 amide bonds. The summed E-state index contributed by atoms with van der Waals surface area (Å²) in [5, 5.41) is 0. The van der Waals surface area contributed by atoms with E-state index in [1.807, 2.05) is 50.2 Å². The van der Waals surface area contributed by atoms with E-state index in [1.54, 1.807) is 24.3 Å². The molecule has 2 aromatic carbocycles. The van der Waals surface area contributed by atoms with Gasteiger partial charge in [-0.25, -0.2) is 9.97 Å². The number of aromatic nitrogens is 3. The zero-order valence-corrected chi connectivity index (χ0v) is 16.4. The van der Waals surface area contributed by atoms with Gasteiger partial charge in [-0.2, -0.15) is 13.2 Å². The predicted octanol–water partition coefficient (Wildman–Crippen LogP) is 6.51. The molecule has 4 rings (SSSR count). The van der Waals surface area contributed by atoms with Crippen LogP contribution < -0.4 is 0 Å². The van der Waals surface area contributed by atoms with Crippen molar-refractivity contribution in [3.63, 3.8) is 0 Å². The van der Waals surface area contributed by atoms with Crippen molar-refractivity contribution in [2.75, 3.05) is 0 Å². The van der Waals surface area contributed by atoms with Crippen LogP contribution in [-0.2, 0) is 6.18 Å². The van der Waals surface area contributed by atoms with Gasteiger partial charge in [0.05, 0.1) is 5.69 Å². The molecule has 2 heterocycles. The minimum atomic E-state index is -4.59. The van der Waals surface area contributed by atoms with Gasteiger partial charge < -0.3 is 0 Å². The van der Waals surface area contributed by atoms with Crippen molar-refractivity contribution >= 4 is 0 Å². The van der Waals surface area contributed by atoms with Crippen molar-refractivity contribution in [3.05, 3.63) is 89.9 Å². The van der Waals surface area contributed by atoms with Gasteiger partial charge in [0.25, 0.3) is 0 Å². The van der Waals surface area contributed by atoms with Gasteiger partial charge in [-0.3, -0.25) is 4.98 Å². The zero-order chi connectivity index (χ0) is 21.3. The summed E-state index contributed by atoms with van der Waals surface area (Å²) in [5.41, 5.74) is 3.97. The van der Waals surface area contributed by atoms with Crippen LogP contribution in [0, 0.1) is 13.8 Å². The molecule has 0 aliphatic rings. The summed E-state index contributed by atoms with van der Waals surface area (Å²) in [7, 11) is 0. The number of benzene rings is 2. The van der Waals surface area contributed by atoms with Crippen molar-refractivity contribution in [3.8, 4) is 33.8 Å². The lowest BCUT2D eigenvalue weighted by Crippen LogP contribution is -2.10. The fraction of sp³-hybridized carbons (Fsp3) is 0.125. The molecular weight excluding hydrogens is 387 g/mol. The Balaban J connectivity index is 1.86. The second-order valence-electron chi connectivity index (χ2n) is 7.04. The quantitative estimate of drug-likeness (QED) is 0.390. The van der Waals surface area contributed by atoms with Gasteiger partial charge in [-0.15, -0.1) is 0 Å². The van der Waals surface area contributed by atoms with Gasteiger partial charge in [0.15, 0.2) is 5.82 Å². The molecule has 0 saturated heterocycles. The average molecular weight is 405 g/mol. The third kappa shape index (κ3) is 4.08. The maximum absolute atomic E-state index is 13.5. The standard InChI is InChI=1S/C24H18F3N3/c1-15-6-3-4-9-20(15)17-7-5-8-18(12-17)23-29-21(13-22(30-23)24(25,26)27)19-11-10-16(2)28-14-19/h3-14H,1-2H3. The van der Waals surface area contributed by atoms with E-state index in [-0.39, 0.29) is 11.5 Å². The fourth-order valence-electron chi connectivity index (χ4n) is 3.21. The second kappa shape index (κ2) is 7.71. The van der Waals surface area contributed by atoms with Crippen LogP contribution in [0.1, 0.15) is 17.0 Å². The molecule has 0 spiro atoms. The molecule has 0 aliphatic heterocycles. The molecule has 0 fully saturated rings. The first-order valence-electron chi connectivity index (χ1n) is 9.37. The van der Waals surface area contributed by atoms with Crippen molar-refractivity contribution in [2.45, 2.75) is 20.0 Å². The highest BCUT2D eigenvalue weighted by atomic mass is 19.4. The first-order chi connectivity index (χ1) is 14.3. The number of aryl methyl sites for hydroxylation is 2. The van der Waals surface area contributed by atoms with Gasteiger partial charge in [0, 0.05) is 23.0 Å². The highest BCUT2D eigenvalue weighted by molar-refractivity contribution is 5.73. The molecule has 4 aromatic rings. The van der Waals surface area contributed by atoms with Crippen molar-refractivity contribution in [2.24, 2.45) is 0 Å². The summed E-state index contributed by atoms with van der Waals surface area (Å²) < 4.78 is 40.6. The molecule has 0 bridgehead atoms. The Hall–Kier alpha value is -3.54. The maximum atomic E-state index is 13.5. The van der Waals surface area contributed by atoms with E-state index >= 15 is 0 Å². The Labute approximate surface area is 172 Å². The van der Waals surface area contributed by atoms with E-state index in [9.17, 15) is 13.2 Å². The van der Waals surface area contributed by atoms with Gasteiger partial charge in [-0.05, 0) is 54.8 Å². The molecule has 150 valence electrons. The molecule has 0 atom stereocenters. The zero-order valence-electron chi connectivity index (χ0n) is 16.4. The molecule has 0 N–H and O–H groups in total. The van der Waals surface area contributed by atoms with E-state index in [0.717, 1.165) is 28.5 Å². The van der Waals surface area contributed by atoms with Crippen LogP contribution in [0.5, 0.6) is 0 Å². The van der Waals surface area contributed by atoms with Crippen LogP contribution in [0.3, 0.4) is 0 Å². The number of pyridine rings is 1. The number of halogens is 3. The lowest BCUT2D eigenvalue weighted by molar-refractivity contribution is -0.141. The number of alkyl halides is 3. The average Bonchev–Trinajstić information content (AvgIpc) is 2.74. The van der Waals surface area contributed by atoms with Crippen LogP contribution in [0.25, 0.3) is 33.8 Å². The Bertz CT molecular complexity index is 1200. The number of nitrogens with zero attached hydrogens (tertiary/aromatic N) is 3. The third-order valence-corrected chi connectivity index (χ3v) is 4.80. The van der Waals surface area contributed by atoms with Gasteiger partial charge in [0.1, 0.15) is 5.69 Å². The molecule has 30 heavy (non-hydrogen) atoms.